The normalized spacial score (nSPS) is 13.8. The highest BCUT2D eigenvalue weighted by Crippen LogP contribution is 2.31. The van der Waals surface area contributed by atoms with Gasteiger partial charge in [-0.1, -0.05) is 62.4 Å². The first kappa shape index (κ1) is 32.3. The summed E-state index contributed by atoms with van der Waals surface area (Å²) in [5, 5.41) is 10.3. The van der Waals surface area contributed by atoms with E-state index >= 15 is 0 Å². The number of halogens is 1. The molecule has 3 aromatic rings. The average molecular weight is 582 g/mol. The minimum absolute atomic E-state index is 0.0494. The van der Waals surface area contributed by atoms with Crippen molar-refractivity contribution in [2.24, 2.45) is 0 Å². The highest BCUT2D eigenvalue weighted by Gasteiger charge is 2.20. The van der Waals surface area contributed by atoms with Gasteiger partial charge >= 0.3 is 0 Å². The third-order valence-electron chi connectivity index (χ3n) is 6.43. The Hall–Kier alpha value is -3.24. The van der Waals surface area contributed by atoms with Crippen molar-refractivity contribution in [3.8, 4) is 11.3 Å². The summed E-state index contributed by atoms with van der Waals surface area (Å²) in [4.78, 5) is 9.50. The minimum Gasteiger partial charge on any atom is -0.373 e. The molecule has 2 aromatic carbocycles. The third kappa shape index (κ3) is 9.97. The van der Waals surface area contributed by atoms with Crippen LogP contribution < -0.4 is 4.31 Å². The van der Waals surface area contributed by atoms with Crippen LogP contribution in [-0.2, 0) is 27.1 Å². The van der Waals surface area contributed by atoms with Crippen molar-refractivity contribution in [2.45, 2.75) is 58.0 Å². The number of aliphatic hydroxyl groups excluding tert-OH is 1. The molecule has 0 aliphatic rings. The molecule has 0 bridgehead atoms. The summed E-state index contributed by atoms with van der Waals surface area (Å²) in [7, 11) is 0.370. The summed E-state index contributed by atoms with van der Waals surface area (Å²) in [5.74, 6) is 0.0547. The van der Waals surface area contributed by atoms with Gasteiger partial charge in [0, 0.05) is 30.9 Å². The molecule has 0 aliphatic heterocycles. The highest BCUT2D eigenvalue weighted by molar-refractivity contribution is 7.85. The second kappa shape index (κ2) is 16.3. The molecule has 1 N–H and O–H groups in total. The lowest BCUT2D eigenvalue weighted by atomic mass is 9.97. The van der Waals surface area contributed by atoms with E-state index in [1.54, 1.807) is 31.5 Å². The van der Waals surface area contributed by atoms with Gasteiger partial charge in [0.05, 0.1) is 30.7 Å². The molecule has 0 spiro atoms. The standard InChI is InChI=1S/C32H40FN3O4S/c1-6-20-39-29(37)21-27(40-22-24-12-8-7-9-13-24)14-10-11-15-28-30(23(2)3)34-32(36(4)41(5)38)35-31(28)25-16-18-26(33)19-17-25/h6-9,11-13,15-19,23,27,29,37H,1,10,14,20-22H2,2-5H3/b15-11+. The van der Waals surface area contributed by atoms with E-state index < -0.39 is 17.3 Å². The van der Waals surface area contributed by atoms with Gasteiger partial charge in [-0.2, -0.15) is 0 Å². The number of hydrogen-bond acceptors (Lipinski definition) is 6. The molecular weight excluding hydrogens is 541 g/mol. The Kier molecular flexibility index (Phi) is 12.8. The number of rotatable bonds is 16. The SMILES string of the molecule is C=CCOC(O)CC(CC/C=C/c1c(-c2ccc(F)cc2)nc(N(C)S(C)=O)nc1C(C)C)OCc1ccccc1. The molecule has 1 aromatic heterocycles. The van der Waals surface area contributed by atoms with Crippen LogP contribution in [-0.4, -0.2) is 51.6 Å². The quantitative estimate of drug-likeness (QED) is 0.155. The summed E-state index contributed by atoms with van der Waals surface area (Å²) >= 11 is 0. The maximum Gasteiger partial charge on any atom is 0.237 e. The van der Waals surface area contributed by atoms with Crippen LogP contribution in [0.4, 0.5) is 10.3 Å². The highest BCUT2D eigenvalue weighted by atomic mass is 32.2. The number of aliphatic hydroxyl groups is 1. The van der Waals surface area contributed by atoms with E-state index in [-0.39, 0.29) is 24.4 Å². The second-order valence-corrected chi connectivity index (χ2v) is 11.4. The Bertz CT molecular complexity index is 1300. The monoisotopic (exact) mass is 581 g/mol. The summed E-state index contributed by atoms with van der Waals surface area (Å²) < 4.78 is 39.0. The van der Waals surface area contributed by atoms with Gasteiger partial charge in [0.1, 0.15) is 16.8 Å². The van der Waals surface area contributed by atoms with Crippen LogP contribution in [0.5, 0.6) is 0 Å². The van der Waals surface area contributed by atoms with Crippen molar-refractivity contribution in [3.63, 3.8) is 0 Å². The molecule has 1 heterocycles. The van der Waals surface area contributed by atoms with Crippen LogP contribution in [0.15, 0.2) is 73.3 Å². The minimum atomic E-state index is -1.31. The maximum absolute atomic E-state index is 13.7. The Balaban J connectivity index is 1.87. The van der Waals surface area contributed by atoms with Crippen LogP contribution >= 0.6 is 0 Å². The Morgan fingerprint density at radius 1 is 1.10 bits per heavy atom. The van der Waals surface area contributed by atoms with E-state index in [4.69, 9.17) is 19.4 Å². The summed E-state index contributed by atoms with van der Waals surface area (Å²) in [5.41, 5.74) is 4.04. The molecule has 0 fully saturated rings. The van der Waals surface area contributed by atoms with Crippen LogP contribution in [0.25, 0.3) is 17.3 Å². The van der Waals surface area contributed by atoms with Crippen molar-refractivity contribution >= 4 is 23.0 Å². The number of ether oxygens (including phenoxy) is 2. The molecule has 0 aliphatic carbocycles. The zero-order valence-electron chi connectivity index (χ0n) is 24.2. The Morgan fingerprint density at radius 3 is 2.44 bits per heavy atom. The van der Waals surface area contributed by atoms with E-state index in [0.717, 1.165) is 22.4 Å². The largest absolute Gasteiger partial charge is 0.373 e. The summed E-state index contributed by atoms with van der Waals surface area (Å²) in [6.45, 7) is 8.40. The van der Waals surface area contributed by atoms with Crippen LogP contribution in [0.2, 0.25) is 0 Å². The maximum atomic E-state index is 13.7. The molecule has 0 radical (unpaired) electrons. The Labute approximate surface area is 245 Å². The average Bonchev–Trinajstić information content (AvgIpc) is 2.97. The van der Waals surface area contributed by atoms with E-state index in [9.17, 15) is 13.7 Å². The molecule has 0 saturated heterocycles. The summed E-state index contributed by atoms with van der Waals surface area (Å²) in [6.07, 6.45) is 7.62. The molecular formula is C32H40FN3O4S. The molecule has 0 saturated carbocycles. The van der Waals surface area contributed by atoms with E-state index in [0.29, 0.717) is 37.5 Å². The van der Waals surface area contributed by atoms with Gasteiger partial charge in [-0.25, -0.2) is 18.6 Å². The molecule has 3 unspecified atom stereocenters. The number of anilines is 1. The van der Waals surface area contributed by atoms with Crippen LogP contribution in [0, 0.1) is 5.82 Å². The zero-order chi connectivity index (χ0) is 29.8. The van der Waals surface area contributed by atoms with Crippen molar-refractivity contribution in [3.05, 3.63) is 96.0 Å². The van der Waals surface area contributed by atoms with Crippen molar-refractivity contribution in [1.82, 2.24) is 9.97 Å². The molecule has 41 heavy (non-hydrogen) atoms. The van der Waals surface area contributed by atoms with Gasteiger partial charge in [-0.15, -0.1) is 6.58 Å². The van der Waals surface area contributed by atoms with Gasteiger partial charge < -0.3 is 14.6 Å². The first-order chi connectivity index (χ1) is 19.7. The molecule has 220 valence electrons. The van der Waals surface area contributed by atoms with E-state index in [1.165, 1.54) is 16.4 Å². The number of nitrogens with zero attached hydrogens (tertiary/aromatic N) is 3. The van der Waals surface area contributed by atoms with Crippen molar-refractivity contribution in [2.75, 3.05) is 24.2 Å². The van der Waals surface area contributed by atoms with Gasteiger partial charge in [0.2, 0.25) is 5.95 Å². The lowest BCUT2D eigenvalue weighted by Gasteiger charge is -2.21. The molecule has 9 heteroatoms. The van der Waals surface area contributed by atoms with E-state index in [1.807, 2.05) is 56.3 Å². The first-order valence-corrected chi connectivity index (χ1v) is 15.2. The van der Waals surface area contributed by atoms with Crippen LogP contribution in [0.3, 0.4) is 0 Å². The predicted molar refractivity (Wildman–Crippen MR) is 164 cm³/mol. The van der Waals surface area contributed by atoms with Crippen molar-refractivity contribution < 1.29 is 23.2 Å². The number of hydrogen-bond donors (Lipinski definition) is 1. The molecule has 0 amide bonds. The summed E-state index contributed by atoms with van der Waals surface area (Å²) in [6, 6.07) is 16.1. The fraction of sp³-hybridized carbons (Fsp3) is 0.375. The molecule has 7 nitrogen and oxygen atoms in total. The fourth-order valence-electron chi connectivity index (χ4n) is 4.18. The number of aromatic nitrogens is 2. The van der Waals surface area contributed by atoms with E-state index in [2.05, 4.69) is 6.58 Å². The fourth-order valence-corrected chi connectivity index (χ4v) is 4.49. The van der Waals surface area contributed by atoms with Gasteiger partial charge in [-0.3, -0.25) is 4.31 Å². The number of allylic oxidation sites excluding steroid dienone is 1. The first-order valence-electron chi connectivity index (χ1n) is 13.7. The van der Waals surface area contributed by atoms with Crippen LogP contribution in [0.1, 0.15) is 55.8 Å². The van der Waals surface area contributed by atoms with Gasteiger partial charge in [-0.05, 0) is 48.6 Å². The second-order valence-electron chi connectivity index (χ2n) is 9.96. The number of benzene rings is 2. The lowest BCUT2D eigenvalue weighted by molar-refractivity contribution is -0.122. The zero-order valence-corrected chi connectivity index (χ0v) is 25.0. The Morgan fingerprint density at radius 2 is 1.80 bits per heavy atom. The smallest absolute Gasteiger partial charge is 0.237 e. The molecule has 3 rings (SSSR count). The molecule has 3 atom stereocenters. The van der Waals surface area contributed by atoms with Gasteiger partial charge in [0.25, 0.3) is 0 Å². The van der Waals surface area contributed by atoms with Crippen molar-refractivity contribution in [1.29, 1.82) is 0 Å². The lowest BCUT2D eigenvalue weighted by Crippen LogP contribution is -2.23. The van der Waals surface area contributed by atoms with Gasteiger partial charge in [0.15, 0.2) is 6.29 Å². The topological polar surface area (TPSA) is 84.8 Å². The predicted octanol–water partition coefficient (Wildman–Crippen LogP) is 6.43. The third-order valence-corrected chi connectivity index (χ3v) is 7.37.